The van der Waals surface area contributed by atoms with Crippen LogP contribution in [0.1, 0.15) is 46.4 Å². The third-order valence-electron chi connectivity index (χ3n) is 5.91. The monoisotopic (exact) mass is 579 g/mol. The van der Waals surface area contributed by atoms with Crippen LogP contribution in [0.2, 0.25) is 0 Å². The first-order chi connectivity index (χ1) is 15.8. The van der Waals surface area contributed by atoms with Crippen LogP contribution in [-0.2, 0) is 0 Å². The van der Waals surface area contributed by atoms with Gasteiger partial charge in [0.15, 0.2) is 0 Å². The first kappa shape index (κ1) is 23.6. The van der Waals surface area contributed by atoms with Gasteiger partial charge in [-0.3, -0.25) is 24.7 Å². The highest BCUT2D eigenvalue weighted by atomic mass is 79.9. The number of likely N-dealkylation sites (tertiary alicyclic amines) is 2. The smallest absolute Gasteiger partial charge is 0.294 e. The molecule has 1 N–H and O–H groups in total. The predicted molar refractivity (Wildman–Crippen MR) is 130 cm³/mol. The standard InChI is InChI=1S/C22H23Br2N5O4/c23-15-9-18(22(31)27-5-1-2-6-27)20(19(10-15)29(32)33)26-17-4-3-7-28(13-17)21(30)14-8-16(24)12-25-11-14/h8-12,17,26H,1-7,13H2/t17-/m1/s1. The topological polar surface area (TPSA) is 109 Å². The number of pyridine rings is 1. The lowest BCUT2D eigenvalue weighted by atomic mass is 10.0. The van der Waals surface area contributed by atoms with Crippen molar-refractivity contribution >= 4 is 55.0 Å². The molecule has 0 radical (unpaired) electrons. The number of halogens is 2. The van der Waals surface area contributed by atoms with Crippen molar-refractivity contribution in [2.75, 3.05) is 31.5 Å². The van der Waals surface area contributed by atoms with Crippen LogP contribution in [0.15, 0.2) is 39.5 Å². The van der Waals surface area contributed by atoms with Gasteiger partial charge in [-0.05, 0) is 53.7 Å². The van der Waals surface area contributed by atoms with Crippen LogP contribution in [0.3, 0.4) is 0 Å². The Balaban J connectivity index is 1.60. The van der Waals surface area contributed by atoms with Gasteiger partial charge < -0.3 is 15.1 Å². The highest BCUT2D eigenvalue weighted by Gasteiger charge is 2.31. The second-order valence-corrected chi connectivity index (χ2v) is 10.1. The van der Waals surface area contributed by atoms with Crippen molar-refractivity contribution in [2.24, 2.45) is 0 Å². The van der Waals surface area contributed by atoms with E-state index in [0.29, 0.717) is 36.2 Å². The van der Waals surface area contributed by atoms with Crippen molar-refractivity contribution in [3.8, 4) is 0 Å². The second-order valence-electron chi connectivity index (χ2n) is 8.23. The highest BCUT2D eigenvalue weighted by Crippen LogP contribution is 2.35. The van der Waals surface area contributed by atoms with E-state index in [1.165, 1.54) is 12.3 Å². The fraction of sp³-hybridized carbons (Fsp3) is 0.409. The number of nitro groups is 1. The number of aromatic nitrogens is 1. The summed E-state index contributed by atoms with van der Waals surface area (Å²) in [5, 5.41) is 15.1. The summed E-state index contributed by atoms with van der Waals surface area (Å²) in [5.74, 6) is -0.364. The van der Waals surface area contributed by atoms with Gasteiger partial charge in [0, 0.05) is 59.6 Å². The third-order valence-corrected chi connectivity index (χ3v) is 6.80. The molecule has 2 saturated heterocycles. The predicted octanol–water partition coefficient (Wildman–Crippen LogP) is 4.47. The van der Waals surface area contributed by atoms with E-state index in [4.69, 9.17) is 0 Å². The van der Waals surface area contributed by atoms with E-state index >= 15 is 0 Å². The Bertz CT molecular complexity index is 1090. The largest absolute Gasteiger partial charge is 0.374 e. The Hall–Kier alpha value is -2.53. The number of nitrogens with zero attached hydrogens (tertiary/aromatic N) is 4. The maximum atomic E-state index is 13.2. The van der Waals surface area contributed by atoms with Crippen LogP contribution in [0.25, 0.3) is 0 Å². The molecule has 1 atom stereocenters. The lowest BCUT2D eigenvalue weighted by Crippen LogP contribution is -2.45. The number of anilines is 1. The van der Waals surface area contributed by atoms with Gasteiger partial charge in [0.1, 0.15) is 5.69 Å². The number of piperidine rings is 1. The zero-order valence-electron chi connectivity index (χ0n) is 17.8. The van der Waals surface area contributed by atoms with Gasteiger partial charge in [0.2, 0.25) is 0 Å². The average Bonchev–Trinajstić information content (AvgIpc) is 3.34. The Morgan fingerprint density at radius 2 is 1.73 bits per heavy atom. The molecule has 2 aliphatic rings. The summed E-state index contributed by atoms with van der Waals surface area (Å²) in [5.41, 5.74) is 0.803. The minimum Gasteiger partial charge on any atom is -0.374 e. The molecular formula is C22H23Br2N5O4. The van der Waals surface area contributed by atoms with Crippen molar-refractivity contribution in [2.45, 2.75) is 31.7 Å². The Kier molecular flexibility index (Phi) is 7.28. The molecule has 3 heterocycles. The Morgan fingerprint density at radius 3 is 2.42 bits per heavy atom. The minimum absolute atomic E-state index is 0.144. The van der Waals surface area contributed by atoms with E-state index in [2.05, 4.69) is 42.2 Å². The average molecular weight is 581 g/mol. The van der Waals surface area contributed by atoms with Gasteiger partial charge in [-0.25, -0.2) is 0 Å². The van der Waals surface area contributed by atoms with Crippen molar-refractivity contribution in [3.05, 3.63) is 60.8 Å². The molecular weight excluding hydrogens is 558 g/mol. The second kappa shape index (κ2) is 10.2. The molecule has 2 aromatic rings. The molecule has 0 saturated carbocycles. The molecule has 1 aromatic heterocycles. The van der Waals surface area contributed by atoms with Crippen molar-refractivity contribution in [3.63, 3.8) is 0 Å². The normalized spacial score (nSPS) is 18.3. The zero-order chi connectivity index (χ0) is 23.5. The first-order valence-corrected chi connectivity index (χ1v) is 12.4. The summed E-state index contributed by atoms with van der Waals surface area (Å²) < 4.78 is 1.19. The molecule has 2 aliphatic heterocycles. The fourth-order valence-corrected chi connectivity index (χ4v) is 5.15. The SMILES string of the molecule is O=C(c1cncc(Br)c1)N1CCC[C@@H](Nc2c(C(=O)N3CCCC3)cc(Br)cc2[N+](=O)[O-])C1. The van der Waals surface area contributed by atoms with Crippen LogP contribution < -0.4 is 5.32 Å². The number of nitrogens with one attached hydrogen (secondary N) is 1. The number of nitro benzene ring substituents is 1. The molecule has 1 aromatic carbocycles. The molecule has 9 nitrogen and oxygen atoms in total. The lowest BCUT2D eigenvalue weighted by Gasteiger charge is -2.34. The van der Waals surface area contributed by atoms with E-state index in [1.807, 2.05) is 0 Å². The maximum Gasteiger partial charge on any atom is 0.294 e. The molecule has 0 aliphatic carbocycles. The number of rotatable bonds is 5. The number of carbonyl (C=O) groups excluding carboxylic acids is 2. The van der Waals surface area contributed by atoms with Crippen LogP contribution in [-0.4, -0.2) is 63.7 Å². The number of hydrogen-bond acceptors (Lipinski definition) is 6. The van der Waals surface area contributed by atoms with Crippen molar-refractivity contribution in [1.82, 2.24) is 14.8 Å². The van der Waals surface area contributed by atoms with Gasteiger partial charge in [-0.15, -0.1) is 0 Å². The molecule has 0 spiro atoms. The molecule has 2 amide bonds. The number of carbonyl (C=O) groups is 2. The van der Waals surface area contributed by atoms with Gasteiger partial charge in [0.05, 0.1) is 16.1 Å². The van der Waals surface area contributed by atoms with E-state index in [1.54, 1.807) is 28.1 Å². The highest BCUT2D eigenvalue weighted by molar-refractivity contribution is 9.10. The molecule has 0 unspecified atom stereocenters. The van der Waals surface area contributed by atoms with E-state index < -0.39 is 4.92 Å². The van der Waals surface area contributed by atoms with Crippen LogP contribution in [0, 0.1) is 10.1 Å². The van der Waals surface area contributed by atoms with Gasteiger partial charge in [-0.2, -0.15) is 0 Å². The summed E-state index contributed by atoms with van der Waals surface area (Å²) in [6, 6.07) is 4.53. The lowest BCUT2D eigenvalue weighted by molar-refractivity contribution is -0.384. The van der Waals surface area contributed by atoms with Crippen molar-refractivity contribution in [1.29, 1.82) is 0 Å². The number of amides is 2. The van der Waals surface area contributed by atoms with E-state index in [9.17, 15) is 19.7 Å². The molecule has 2 fully saturated rings. The van der Waals surface area contributed by atoms with Gasteiger partial charge in [0.25, 0.3) is 17.5 Å². The van der Waals surface area contributed by atoms with Crippen LogP contribution in [0.4, 0.5) is 11.4 Å². The van der Waals surface area contributed by atoms with Crippen LogP contribution >= 0.6 is 31.9 Å². The molecule has 11 heteroatoms. The maximum absolute atomic E-state index is 13.2. The third kappa shape index (κ3) is 5.35. The van der Waals surface area contributed by atoms with Crippen LogP contribution in [0.5, 0.6) is 0 Å². The fourth-order valence-electron chi connectivity index (χ4n) is 4.34. The Morgan fingerprint density at radius 1 is 1.00 bits per heavy atom. The quantitative estimate of drug-likeness (QED) is 0.413. The number of benzene rings is 1. The van der Waals surface area contributed by atoms with Gasteiger partial charge >= 0.3 is 0 Å². The molecule has 4 rings (SSSR count). The minimum atomic E-state index is -0.479. The summed E-state index contributed by atoms with van der Waals surface area (Å²) >= 11 is 6.65. The Labute approximate surface area is 207 Å². The summed E-state index contributed by atoms with van der Waals surface area (Å²) in [4.78, 5) is 45.1. The molecule has 33 heavy (non-hydrogen) atoms. The zero-order valence-corrected chi connectivity index (χ0v) is 21.0. The number of hydrogen-bond donors (Lipinski definition) is 1. The van der Waals surface area contributed by atoms with Gasteiger partial charge in [-0.1, -0.05) is 15.9 Å². The molecule has 174 valence electrons. The van der Waals surface area contributed by atoms with E-state index in [0.717, 1.165) is 30.2 Å². The first-order valence-electron chi connectivity index (χ1n) is 10.8. The molecule has 0 bridgehead atoms. The summed E-state index contributed by atoms with van der Waals surface area (Å²) in [6.45, 7) is 2.25. The summed E-state index contributed by atoms with van der Waals surface area (Å²) in [6.07, 6.45) is 6.46. The van der Waals surface area contributed by atoms with Crippen molar-refractivity contribution < 1.29 is 14.5 Å². The summed E-state index contributed by atoms with van der Waals surface area (Å²) in [7, 11) is 0. The van der Waals surface area contributed by atoms with E-state index in [-0.39, 0.29) is 34.8 Å².